The first kappa shape index (κ1) is 18.5. The van der Waals surface area contributed by atoms with Crippen LogP contribution in [0, 0.1) is 13.8 Å². The van der Waals surface area contributed by atoms with E-state index >= 15 is 0 Å². The maximum atomic E-state index is 12.4. The number of urea groups is 1. The molecule has 0 aliphatic carbocycles. The van der Waals surface area contributed by atoms with Gasteiger partial charge in [0.25, 0.3) is 0 Å². The molecule has 2 N–H and O–H groups in total. The van der Waals surface area contributed by atoms with Gasteiger partial charge in [0.15, 0.2) is 0 Å². The minimum absolute atomic E-state index is 0.238. The quantitative estimate of drug-likeness (QED) is 0.889. The Balaban J connectivity index is 1.88. The minimum atomic E-state index is -0.467. The van der Waals surface area contributed by atoms with E-state index in [2.05, 4.69) is 15.5 Å². The molecule has 5 heteroatoms. The molecule has 1 aromatic carbocycles. The molecule has 1 aliphatic heterocycles. The van der Waals surface area contributed by atoms with Crippen LogP contribution in [0.4, 0.5) is 10.5 Å². The number of nitrogens with one attached hydrogen (secondary N) is 2. The summed E-state index contributed by atoms with van der Waals surface area (Å²) in [7, 11) is 0. The summed E-state index contributed by atoms with van der Waals surface area (Å²) in [6, 6.07) is 5.04. The Morgan fingerprint density at radius 3 is 2.29 bits per heavy atom. The summed E-state index contributed by atoms with van der Waals surface area (Å²) in [5.74, 6) is -0.238. The number of amides is 3. The largest absolute Gasteiger partial charge is 0.325 e. The third kappa shape index (κ3) is 5.34. The van der Waals surface area contributed by atoms with Crippen molar-refractivity contribution in [1.29, 1.82) is 0 Å². The fraction of sp³-hybridized carbons (Fsp3) is 0.579. The number of likely N-dealkylation sites (tertiary alicyclic amines) is 1. The van der Waals surface area contributed by atoms with E-state index in [1.807, 2.05) is 39.0 Å². The Morgan fingerprint density at radius 1 is 1.04 bits per heavy atom. The van der Waals surface area contributed by atoms with Crippen molar-refractivity contribution in [2.75, 3.05) is 18.4 Å². The van der Waals surface area contributed by atoms with Crippen molar-refractivity contribution in [1.82, 2.24) is 10.2 Å². The first-order valence-electron chi connectivity index (χ1n) is 8.90. The Hall–Kier alpha value is -1.88. The molecule has 0 spiro atoms. The zero-order valence-corrected chi connectivity index (χ0v) is 15.0. The van der Waals surface area contributed by atoms with Crippen molar-refractivity contribution in [3.8, 4) is 0 Å². The smallest absolute Gasteiger partial charge is 0.307 e. The van der Waals surface area contributed by atoms with Crippen molar-refractivity contribution in [3.63, 3.8) is 0 Å². The van der Waals surface area contributed by atoms with Gasteiger partial charge in [-0.3, -0.25) is 15.0 Å². The first-order valence-corrected chi connectivity index (χ1v) is 8.90. The number of imide groups is 1. The molecule has 3 amide bonds. The van der Waals surface area contributed by atoms with Gasteiger partial charge in [-0.2, -0.15) is 0 Å². The fourth-order valence-electron chi connectivity index (χ4n) is 3.15. The van der Waals surface area contributed by atoms with Crippen LogP contribution in [-0.2, 0) is 4.79 Å². The normalized spacial score (nSPS) is 17.5. The summed E-state index contributed by atoms with van der Waals surface area (Å²) in [4.78, 5) is 26.7. The van der Waals surface area contributed by atoms with Gasteiger partial charge < -0.3 is 5.32 Å². The van der Waals surface area contributed by atoms with Gasteiger partial charge in [0, 0.05) is 5.69 Å². The van der Waals surface area contributed by atoms with Crippen molar-refractivity contribution in [2.45, 2.75) is 58.9 Å². The van der Waals surface area contributed by atoms with Crippen molar-refractivity contribution in [2.24, 2.45) is 0 Å². The van der Waals surface area contributed by atoms with Crippen LogP contribution in [0.5, 0.6) is 0 Å². The molecular weight excluding hydrogens is 302 g/mol. The molecule has 1 heterocycles. The highest BCUT2D eigenvalue weighted by molar-refractivity contribution is 6.03. The summed E-state index contributed by atoms with van der Waals surface area (Å²) in [6.45, 7) is 7.67. The zero-order chi connectivity index (χ0) is 17.5. The third-order valence-corrected chi connectivity index (χ3v) is 4.68. The van der Waals surface area contributed by atoms with Crippen LogP contribution >= 0.6 is 0 Å². The van der Waals surface area contributed by atoms with Crippen LogP contribution < -0.4 is 10.6 Å². The Bertz CT molecular complexity index is 578. The van der Waals surface area contributed by atoms with E-state index in [0.29, 0.717) is 0 Å². The predicted molar refractivity (Wildman–Crippen MR) is 97.2 cm³/mol. The highest BCUT2D eigenvalue weighted by atomic mass is 16.2. The monoisotopic (exact) mass is 331 g/mol. The van der Waals surface area contributed by atoms with Crippen LogP contribution in [0.15, 0.2) is 18.2 Å². The van der Waals surface area contributed by atoms with E-state index < -0.39 is 6.03 Å². The van der Waals surface area contributed by atoms with E-state index in [1.54, 1.807) is 0 Å². The van der Waals surface area contributed by atoms with E-state index in [-0.39, 0.29) is 11.9 Å². The number of aryl methyl sites for hydroxylation is 2. The lowest BCUT2D eigenvalue weighted by molar-refractivity contribution is -0.124. The molecule has 1 aromatic rings. The summed E-state index contributed by atoms with van der Waals surface area (Å²) in [5, 5.41) is 5.23. The lowest BCUT2D eigenvalue weighted by Gasteiger charge is -2.29. The zero-order valence-electron chi connectivity index (χ0n) is 15.0. The van der Waals surface area contributed by atoms with Gasteiger partial charge in [-0.1, -0.05) is 37.0 Å². The van der Waals surface area contributed by atoms with Gasteiger partial charge in [-0.15, -0.1) is 0 Å². The standard InChI is InChI=1S/C19H29N3O2/c1-14-9-10-17(15(2)13-14)20-19(24)21-18(23)16(3)22-11-7-5-4-6-8-12-22/h9-10,13,16H,4-8,11-12H2,1-3H3,(H2,20,21,23,24). The van der Waals surface area contributed by atoms with Gasteiger partial charge in [-0.05, 0) is 58.3 Å². The van der Waals surface area contributed by atoms with E-state index in [1.165, 1.54) is 19.3 Å². The Morgan fingerprint density at radius 2 is 1.67 bits per heavy atom. The topological polar surface area (TPSA) is 61.4 Å². The number of anilines is 1. The Labute approximate surface area is 144 Å². The van der Waals surface area contributed by atoms with Crippen LogP contribution in [0.2, 0.25) is 0 Å². The maximum absolute atomic E-state index is 12.4. The van der Waals surface area contributed by atoms with Gasteiger partial charge in [0.05, 0.1) is 6.04 Å². The van der Waals surface area contributed by atoms with Crippen LogP contribution in [0.3, 0.4) is 0 Å². The number of rotatable bonds is 3. The molecule has 5 nitrogen and oxygen atoms in total. The molecule has 1 atom stereocenters. The number of hydrogen-bond donors (Lipinski definition) is 2. The molecule has 0 bridgehead atoms. The highest BCUT2D eigenvalue weighted by Crippen LogP contribution is 2.16. The van der Waals surface area contributed by atoms with E-state index in [9.17, 15) is 9.59 Å². The average molecular weight is 331 g/mol. The molecule has 24 heavy (non-hydrogen) atoms. The lowest BCUT2D eigenvalue weighted by atomic mass is 10.1. The number of benzene rings is 1. The predicted octanol–water partition coefficient (Wildman–Crippen LogP) is 3.61. The summed E-state index contributed by atoms with van der Waals surface area (Å²) < 4.78 is 0. The van der Waals surface area contributed by atoms with Crippen molar-refractivity contribution in [3.05, 3.63) is 29.3 Å². The molecule has 1 fully saturated rings. The molecule has 2 rings (SSSR count). The number of hydrogen-bond acceptors (Lipinski definition) is 3. The first-order chi connectivity index (χ1) is 11.5. The number of nitrogens with zero attached hydrogens (tertiary/aromatic N) is 1. The fourth-order valence-corrected chi connectivity index (χ4v) is 3.15. The number of carbonyl (C=O) groups excluding carboxylic acids is 2. The SMILES string of the molecule is Cc1ccc(NC(=O)NC(=O)C(C)N2CCCCCCC2)c(C)c1. The molecule has 0 saturated carbocycles. The molecule has 1 unspecified atom stereocenters. The molecule has 132 valence electrons. The number of carbonyl (C=O) groups is 2. The molecule has 0 aromatic heterocycles. The summed E-state index contributed by atoms with van der Waals surface area (Å²) in [5.41, 5.74) is 2.85. The average Bonchev–Trinajstić information content (AvgIpc) is 2.49. The van der Waals surface area contributed by atoms with Crippen LogP contribution in [0.25, 0.3) is 0 Å². The molecular formula is C19H29N3O2. The summed E-state index contributed by atoms with van der Waals surface area (Å²) in [6.07, 6.45) is 5.96. The highest BCUT2D eigenvalue weighted by Gasteiger charge is 2.23. The van der Waals surface area contributed by atoms with Gasteiger partial charge in [-0.25, -0.2) is 4.79 Å². The third-order valence-electron chi connectivity index (χ3n) is 4.68. The second-order valence-corrected chi connectivity index (χ2v) is 6.74. The maximum Gasteiger partial charge on any atom is 0.325 e. The van der Waals surface area contributed by atoms with Crippen LogP contribution in [-0.4, -0.2) is 36.0 Å². The summed E-state index contributed by atoms with van der Waals surface area (Å²) >= 11 is 0. The van der Waals surface area contributed by atoms with Crippen molar-refractivity contribution >= 4 is 17.6 Å². The lowest BCUT2D eigenvalue weighted by Crippen LogP contribution is -2.48. The second kappa shape index (κ2) is 8.83. The minimum Gasteiger partial charge on any atom is -0.307 e. The van der Waals surface area contributed by atoms with Crippen molar-refractivity contribution < 1.29 is 9.59 Å². The second-order valence-electron chi connectivity index (χ2n) is 6.74. The van der Waals surface area contributed by atoms with Gasteiger partial charge in [0.2, 0.25) is 5.91 Å². The molecule has 1 saturated heterocycles. The van der Waals surface area contributed by atoms with E-state index in [4.69, 9.17) is 0 Å². The Kier molecular flexibility index (Phi) is 6.79. The molecule has 0 radical (unpaired) electrons. The molecule has 1 aliphatic rings. The van der Waals surface area contributed by atoms with E-state index in [0.717, 1.165) is 42.7 Å². The van der Waals surface area contributed by atoms with Gasteiger partial charge in [0.1, 0.15) is 0 Å². The van der Waals surface area contributed by atoms with Gasteiger partial charge >= 0.3 is 6.03 Å². The van der Waals surface area contributed by atoms with Crippen LogP contribution in [0.1, 0.15) is 50.2 Å².